The second-order valence-corrected chi connectivity index (χ2v) is 6.26. The molecule has 0 amide bonds. The van der Waals surface area contributed by atoms with Gasteiger partial charge in [-0.05, 0) is 38.4 Å². The minimum Gasteiger partial charge on any atom is -0.356 e. The summed E-state index contributed by atoms with van der Waals surface area (Å²) in [5.74, 6) is 1.86. The maximum absolute atomic E-state index is 4.53. The summed E-state index contributed by atoms with van der Waals surface area (Å²) < 4.78 is 0. The Morgan fingerprint density at radius 2 is 2.37 bits per heavy atom. The standard InChI is InChI=1S/C14H20N4S/c1-3-11-6-12-13(16-9-17-14(12)19-11)18-5-4-10(8-18)7-15-2/h6,9-10,15H,3-5,7-8H2,1-2H3. The van der Waals surface area contributed by atoms with E-state index in [1.165, 1.54) is 16.7 Å². The topological polar surface area (TPSA) is 41.0 Å². The Morgan fingerprint density at radius 3 is 3.16 bits per heavy atom. The van der Waals surface area contributed by atoms with Gasteiger partial charge in [0.15, 0.2) is 0 Å². The summed E-state index contributed by atoms with van der Waals surface area (Å²) in [5, 5.41) is 4.51. The van der Waals surface area contributed by atoms with E-state index in [1.54, 1.807) is 17.7 Å². The number of hydrogen-bond donors (Lipinski definition) is 1. The molecule has 3 heterocycles. The highest BCUT2D eigenvalue weighted by atomic mass is 32.1. The van der Waals surface area contributed by atoms with E-state index in [0.717, 1.165) is 42.6 Å². The van der Waals surface area contributed by atoms with Gasteiger partial charge in [-0.2, -0.15) is 0 Å². The maximum Gasteiger partial charge on any atom is 0.140 e. The molecule has 0 spiro atoms. The first kappa shape index (κ1) is 12.8. The molecule has 1 N–H and O–H groups in total. The lowest BCUT2D eigenvalue weighted by Crippen LogP contribution is -2.25. The maximum atomic E-state index is 4.53. The number of anilines is 1. The average Bonchev–Trinajstić information content (AvgIpc) is 3.04. The molecule has 0 aliphatic carbocycles. The highest BCUT2D eigenvalue weighted by molar-refractivity contribution is 7.18. The van der Waals surface area contributed by atoms with Gasteiger partial charge >= 0.3 is 0 Å². The predicted molar refractivity (Wildman–Crippen MR) is 81.0 cm³/mol. The Labute approximate surface area is 117 Å². The normalized spacial score (nSPS) is 19.5. The van der Waals surface area contributed by atoms with E-state index < -0.39 is 0 Å². The van der Waals surface area contributed by atoms with Crippen LogP contribution < -0.4 is 10.2 Å². The van der Waals surface area contributed by atoms with Gasteiger partial charge in [0.25, 0.3) is 0 Å². The molecule has 1 unspecified atom stereocenters. The van der Waals surface area contributed by atoms with E-state index in [-0.39, 0.29) is 0 Å². The number of rotatable bonds is 4. The van der Waals surface area contributed by atoms with Gasteiger partial charge in [0.1, 0.15) is 17.0 Å². The Morgan fingerprint density at radius 1 is 1.47 bits per heavy atom. The quantitative estimate of drug-likeness (QED) is 0.930. The third-order valence-corrected chi connectivity index (χ3v) is 4.97. The molecular weight excluding hydrogens is 256 g/mol. The van der Waals surface area contributed by atoms with Crippen molar-refractivity contribution in [2.45, 2.75) is 19.8 Å². The SMILES string of the molecule is CCc1cc2c(N3CCC(CNC)C3)ncnc2s1. The molecule has 0 aromatic carbocycles. The van der Waals surface area contributed by atoms with E-state index in [4.69, 9.17) is 0 Å². The van der Waals surface area contributed by atoms with Crippen LogP contribution in [0.3, 0.4) is 0 Å². The molecule has 0 saturated carbocycles. The van der Waals surface area contributed by atoms with Gasteiger partial charge in [0, 0.05) is 18.0 Å². The highest BCUT2D eigenvalue weighted by Gasteiger charge is 2.24. The van der Waals surface area contributed by atoms with Gasteiger partial charge in [-0.1, -0.05) is 6.92 Å². The van der Waals surface area contributed by atoms with Crippen molar-refractivity contribution >= 4 is 27.4 Å². The van der Waals surface area contributed by atoms with Crippen LogP contribution in [0.4, 0.5) is 5.82 Å². The van der Waals surface area contributed by atoms with Crippen molar-refractivity contribution in [3.8, 4) is 0 Å². The highest BCUT2D eigenvalue weighted by Crippen LogP contribution is 2.32. The Balaban J connectivity index is 1.90. The molecule has 1 atom stereocenters. The van der Waals surface area contributed by atoms with Crippen LogP contribution in [0, 0.1) is 5.92 Å². The summed E-state index contributed by atoms with van der Waals surface area (Å²) in [4.78, 5) is 13.9. The third-order valence-electron chi connectivity index (χ3n) is 3.79. The van der Waals surface area contributed by atoms with Crippen molar-refractivity contribution < 1.29 is 0 Å². The van der Waals surface area contributed by atoms with Gasteiger partial charge in [0.2, 0.25) is 0 Å². The molecule has 1 aliphatic heterocycles. The van der Waals surface area contributed by atoms with E-state index in [0.29, 0.717) is 0 Å². The van der Waals surface area contributed by atoms with Crippen LogP contribution in [-0.2, 0) is 6.42 Å². The van der Waals surface area contributed by atoms with E-state index in [1.807, 2.05) is 7.05 Å². The van der Waals surface area contributed by atoms with Crippen molar-refractivity contribution in [2.75, 3.05) is 31.6 Å². The Hall–Kier alpha value is -1.20. The fraction of sp³-hybridized carbons (Fsp3) is 0.571. The molecule has 19 heavy (non-hydrogen) atoms. The van der Waals surface area contributed by atoms with E-state index in [9.17, 15) is 0 Å². The Kier molecular flexibility index (Phi) is 3.66. The predicted octanol–water partition coefficient (Wildman–Crippen LogP) is 2.30. The fourth-order valence-corrected chi connectivity index (χ4v) is 3.73. The van der Waals surface area contributed by atoms with Crippen molar-refractivity contribution in [2.24, 2.45) is 5.92 Å². The van der Waals surface area contributed by atoms with Crippen molar-refractivity contribution in [1.82, 2.24) is 15.3 Å². The molecule has 3 rings (SSSR count). The zero-order valence-electron chi connectivity index (χ0n) is 11.5. The summed E-state index contributed by atoms with van der Waals surface area (Å²) in [6.07, 6.45) is 4.03. The van der Waals surface area contributed by atoms with Crippen LogP contribution in [0.5, 0.6) is 0 Å². The number of thiophene rings is 1. The number of aryl methyl sites for hydroxylation is 1. The third kappa shape index (κ3) is 2.44. The largest absolute Gasteiger partial charge is 0.356 e. The number of aromatic nitrogens is 2. The summed E-state index contributed by atoms with van der Waals surface area (Å²) in [7, 11) is 2.03. The van der Waals surface area contributed by atoms with Crippen molar-refractivity contribution in [3.63, 3.8) is 0 Å². The monoisotopic (exact) mass is 276 g/mol. The summed E-state index contributed by atoms with van der Waals surface area (Å²) in [6, 6.07) is 2.26. The molecule has 1 fully saturated rings. The molecule has 5 heteroatoms. The van der Waals surface area contributed by atoms with Crippen molar-refractivity contribution in [3.05, 3.63) is 17.3 Å². The molecule has 2 aromatic rings. The summed E-state index contributed by atoms with van der Waals surface area (Å²) in [6.45, 7) is 5.49. The molecule has 1 saturated heterocycles. The first-order valence-corrected chi connectivity index (χ1v) is 7.76. The summed E-state index contributed by atoms with van der Waals surface area (Å²) >= 11 is 1.79. The van der Waals surface area contributed by atoms with Gasteiger partial charge < -0.3 is 10.2 Å². The van der Waals surface area contributed by atoms with Crippen LogP contribution in [0.1, 0.15) is 18.2 Å². The van der Waals surface area contributed by atoms with Gasteiger partial charge in [-0.15, -0.1) is 11.3 Å². The zero-order valence-corrected chi connectivity index (χ0v) is 12.3. The Bertz CT molecular complexity index is 566. The number of hydrogen-bond acceptors (Lipinski definition) is 5. The molecule has 0 radical (unpaired) electrons. The average molecular weight is 276 g/mol. The van der Waals surface area contributed by atoms with Gasteiger partial charge in [-0.25, -0.2) is 9.97 Å². The minimum absolute atomic E-state index is 0.735. The van der Waals surface area contributed by atoms with E-state index in [2.05, 4.69) is 33.2 Å². The van der Waals surface area contributed by atoms with Crippen LogP contribution in [0.25, 0.3) is 10.2 Å². The molecule has 1 aliphatic rings. The van der Waals surface area contributed by atoms with Crippen LogP contribution in [0.2, 0.25) is 0 Å². The zero-order chi connectivity index (χ0) is 13.2. The smallest absolute Gasteiger partial charge is 0.140 e. The minimum atomic E-state index is 0.735. The number of fused-ring (bicyclic) bond motifs is 1. The number of nitrogens with one attached hydrogen (secondary N) is 1. The van der Waals surface area contributed by atoms with Gasteiger partial charge in [0.05, 0.1) is 5.39 Å². The molecular formula is C14H20N4S. The van der Waals surface area contributed by atoms with Crippen LogP contribution >= 0.6 is 11.3 Å². The van der Waals surface area contributed by atoms with Crippen LogP contribution in [-0.4, -0.2) is 36.6 Å². The fourth-order valence-electron chi connectivity index (χ4n) is 2.80. The molecule has 4 nitrogen and oxygen atoms in total. The molecule has 2 aromatic heterocycles. The lowest BCUT2D eigenvalue weighted by Gasteiger charge is -2.18. The van der Waals surface area contributed by atoms with Gasteiger partial charge in [-0.3, -0.25) is 0 Å². The lowest BCUT2D eigenvalue weighted by atomic mass is 10.1. The lowest BCUT2D eigenvalue weighted by molar-refractivity contribution is 0.549. The van der Waals surface area contributed by atoms with Crippen LogP contribution in [0.15, 0.2) is 12.4 Å². The van der Waals surface area contributed by atoms with E-state index >= 15 is 0 Å². The van der Waals surface area contributed by atoms with Crippen molar-refractivity contribution in [1.29, 1.82) is 0 Å². The number of nitrogens with zero attached hydrogens (tertiary/aromatic N) is 3. The first-order valence-electron chi connectivity index (χ1n) is 6.94. The summed E-state index contributed by atoms with van der Waals surface area (Å²) in [5.41, 5.74) is 0. The second kappa shape index (κ2) is 5.43. The first-order chi connectivity index (χ1) is 9.31. The second-order valence-electron chi connectivity index (χ2n) is 5.14. The molecule has 102 valence electrons. The molecule has 0 bridgehead atoms.